The molecular formula is C18H26ClFO. The maximum absolute atomic E-state index is 14.4. The van der Waals surface area contributed by atoms with Crippen molar-refractivity contribution in [2.45, 2.75) is 51.8 Å². The molecule has 3 heteroatoms. The molecule has 1 aromatic rings. The van der Waals surface area contributed by atoms with Crippen LogP contribution in [0.4, 0.5) is 4.39 Å². The van der Waals surface area contributed by atoms with E-state index in [0.717, 1.165) is 18.4 Å². The second-order valence-corrected chi connectivity index (χ2v) is 7.70. The van der Waals surface area contributed by atoms with E-state index in [1.54, 1.807) is 6.07 Å². The molecule has 0 N–H and O–H groups in total. The van der Waals surface area contributed by atoms with Crippen LogP contribution in [0.5, 0.6) is 5.75 Å². The highest BCUT2D eigenvalue weighted by atomic mass is 35.5. The van der Waals surface area contributed by atoms with Gasteiger partial charge in [-0.2, -0.15) is 0 Å². The number of halogens is 2. The van der Waals surface area contributed by atoms with Gasteiger partial charge < -0.3 is 4.74 Å². The van der Waals surface area contributed by atoms with Crippen molar-refractivity contribution in [1.82, 2.24) is 0 Å². The largest absolute Gasteiger partial charge is 0.494 e. The van der Waals surface area contributed by atoms with Crippen molar-refractivity contribution in [2.24, 2.45) is 17.3 Å². The normalized spacial score (nSPS) is 26.7. The van der Waals surface area contributed by atoms with E-state index in [2.05, 4.69) is 20.8 Å². The number of benzene rings is 1. The van der Waals surface area contributed by atoms with Crippen molar-refractivity contribution in [1.29, 1.82) is 0 Å². The first-order valence-electron chi connectivity index (χ1n) is 7.80. The molecule has 21 heavy (non-hydrogen) atoms. The minimum Gasteiger partial charge on any atom is -0.494 e. The third kappa shape index (κ3) is 3.71. The second kappa shape index (κ2) is 6.56. The van der Waals surface area contributed by atoms with Crippen molar-refractivity contribution >= 4 is 11.6 Å². The van der Waals surface area contributed by atoms with Crippen LogP contribution in [0.25, 0.3) is 0 Å². The number of hydrogen-bond acceptors (Lipinski definition) is 1. The summed E-state index contributed by atoms with van der Waals surface area (Å²) in [5, 5.41) is 0.192. The van der Waals surface area contributed by atoms with Crippen molar-refractivity contribution in [3.63, 3.8) is 0 Å². The first-order valence-corrected chi connectivity index (χ1v) is 8.24. The topological polar surface area (TPSA) is 9.23 Å². The molecule has 0 aliphatic heterocycles. The van der Waals surface area contributed by atoms with Gasteiger partial charge in [0, 0.05) is 5.38 Å². The van der Waals surface area contributed by atoms with Gasteiger partial charge >= 0.3 is 0 Å². The highest BCUT2D eigenvalue weighted by Gasteiger charge is 2.38. The van der Waals surface area contributed by atoms with Gasteiger partial charge in [-0.1, -0.05) is 39.3 Å². The molecule has 2 rings (SSSR count). The molecule has 0 radical (unpaired) electrons. The third-order valence-corrected chi connectivity index (χ3v) is 5.43. The van der Waals surface area contributed by atoms with Crippen LogP contribution in [-0.4, -0.2) is 12.5 Å². The van der Waals surface area contributed by atoms with Crippen LogP contribution in [0.1, 0.15) is 45.6 Å². The number of rotatable bonds is 4. The summed E-state index contributed by atoms with van der Waals surface area (Å²) in [5.41, 5.74) is 0.710. The van der Waals surface area contributed by atoms with Gasteiger partial charge in [0.15, 0.2) is 11.6 Å². The highest BCUT2D eigenvalue weighted by molar-refractivity contribution is 6.20. The lowest BCUT2D eigenvalue weighted by atomic mass is 9.66. The van der Waals surface area contributed by atoms with Crippen LogP contribution in [0.2, 0.25) is 0 Å². The SMILES string of the molecule is COc1cccc(CC(C)(C)C2CCC(C)CC2Cl)c1F. The molecule has 0 spiro atoms. The van der Waals surface area contributed by atoms with Crippen molar-refractivity contribution in [3.05, 3.63) is 29.6 Å². The average molecular weight is 313 g/mol. The van der Waals surface area contributed by atoms with Crippen LogP contribution in [0.3, 0.4) is 0 Å². The Morgan fingerprint density at radius 1 is 1.33 bits per heavy atom. The van der Waals surface area contributed by atoms with Crippen LogP contribution in [-0.2, 0) is 6.42 Å². The van der Waals surface area contributed by atoms with Gasteiger partial charge in [-0.3, -0.25) is 0 Å². The highest BCUT2D eigenvalue weighted by Crippen LogP contribution is 2.45. The molecule has 0 bridgehead atoms. The Morgan fingerprint density at radius 3 is 2.67 bits per heavy atom. The molecule has 1 fully saturated rings. The number of alkyl halides is 1. The fourth-order valence-corrected chi connectivity index (χ4v) is 4.44. The van der Waals surface area contributed by atoms with E-state index in [0.29, 0.717) is 24.0 Å². The number of ether oxygens (including phenoxy) is 1. The van der Waals surface area contributed by atoms with Gasteiger partial charge in [0.1, 0.15) is 0 Å². The predicted octanol–water partition coefficient (Wildman–Crippen LogP) is 5.45. The number of hydrogen-bond donors (Lipinski definition) is 0. The molecule has 118 valence electrons. The average Bonchev–Trinajstić information content (AvgIpc) is 2.40. The standard InChI is InChI=1S/C18H26ClFO/c1-12-8-9-14(15(19)10-12)18(2,3)11-13-6-5-7-16(21-4)17(13)20/h5-7,12,14-15H,8-11H2,1-4H3. The van der Waals surface area contributed by atoms with E-state index in [1.165, 1.54) is 13.5 Å². The zero-order valence-electron chi connectivity index (χ0n) is 13.5. The Kier molecular flexibility index (Phi) is 5.19. The summed E-state index contributed by atoms with van der Waals surface area (Å²) in [4.78, 5) is 0. The summed E-state index contributed by atoms with van der Waals surface area (Å²) in [7, 11) is 1.50. The van der Waals surface area contributed by atoms with E-state index in [4.69, 9.17) is 16.3 Å². The minimum atomic E-state index is -0.233. The summed E-state index contributed by atoms with van der Waals surface area (Å²) in [6.45, 7) is 6.68. The van der Waals surface area contributed by atoms with Gasteiger partial charge in [0.25, 0.3) is 0 Å². The van der Waals surface area contributed by atoms with E-state index in [1.807, 2.05) is 12.1 Å². The van der Waals surface area contributed by atoms with Crippen LogP contribution >= 0.6 is 11.6 Å². The summed E-state index contributed by atoms with van der Waals surface area (Å²) in [6, 6.07) is 5.38. The molecule has 1 nitrogen and oxygen atoms in total. The quantitative estimate of drug-likeness (QED) is 0.672. The molecule has 1 saturated carbocycles. The van der Waals surface area contributed by atoms with Gasteiger partial charge in [0.2, 0.25) is 0 Å². The summed E-state index contributed by atoms with van der Waals surface area (Å²) in [6.07, 6.45) is 4.11. The molecule has 0 aromatic heterocycles. The Morgan fingerprint density at radius 2 is 2.05 bits per heavy atom. The Bertz CT molecular complexity index is 486. The van der Waals surface area contributed by atoms with E-state index in [-0.39, 0.29) is 16.6 Å². The van der Waals surface area contributed by atoms with Gasteiger partial charge in [-0.15, -0.1) is 11.6 Å². The predicted molar refractivity (Wildman–Crippen MR) is 86.6 cm³/mol. The van der Waals surface area contributed by atoms with Crippen molar-refractivity contribution in [2.75, 3.05) is 7.11 Å². The fourth-order valence-electron chi connectivity index (χ4n) is 3.66. The van der Waals surface area contributed by atoms with Crippen molar-refractivity contribution < 1.29 is 9.13 Å². The molecule has 3 unspecified atom stereocenters. The molecule has 1 aliphatic rings. The first-order chi connectivity index (χ1) is 9.85. The summed E-state index contributed by atoms with van der Waals surface area (Å²) < 4.78 is 19.5. The van der Waals surface area contributed by atoms with Crippen LogP contribution < -0.4 is 4.74 Å². The van der Waals surface area contributed by atoms with Gasteiger partial charge in [0.05, 0.1) is 7.11 Å². The monoisotopic (exact) mass is 312 g/mol. The number of methoxy groups -OCH3 is 1. The molecule has 0 saturated heterocycles. The Labute approximate surface area is 132 Å². The summed E-state index contributed by atoms with van der Waals surface area (Å²) in [5.74, 6) is 1.22. The third-order valence-electron chi connectivity index (χ3n) is 4.95. The molecule has 1 aromatic carbocycles. The lowest BCUT2D eigenvalue weighted by Crippen LogP contribution is -2.37. The maximum Gasteiger partial charge on any atom is 0.168 e. The van der Waals surface area contributed by atoms with Crippen molar-refractivity contribution in [3.8, 4) is 5.75 Å². The van der Waals surface area contributed by atoms with E-state index in [9.17, 15) is 4.39 Å². The first kappa shape index (κ1) is 16.6. The maximum atomic E-state index is 14.4. The smallest absolute Gasteiger partial charge is 0.168 e. The van der Waals surface area contributed by atoms with Crippen LogP contribution in [0.15, 0.2) is 18.2 Å². The lowest BCUT2D eigenvalue weighted by molar-refractivity contribution is 0.140. The molecule has 0 amide bonds. The molecule has 3 atom stereocenters. The zero-order valence-corrected chi connectivity index (χ0v) is 14.2. The second-order valence-electron chi connectivity index (χ2n) is 7.14. The van der Waals surface area contributed by atoms with E-state index >= 15 is 0 Å². The lowest BCUT2D eigenvalue weighted by Gasteiger charge is -2.42. The van der Waals surface area contributed by atoms with E-state index < -0.39 is 0 Å². The Hall–Kier alpha value is -0.760. The molecular weight excluding hydrogens is 287 g/mol. The van der Waals surface area contributed by atoms with Crippen LogP contribution in [0, 0.1) is 23.1 Å². The summed E-state index contributed by atoms with van der Waals surface area (Å²) >= 11 is 6.61. The van der Waals surface area contributed by atoms with Gasteiger partial charge in [-0.05, 0) is 48.1 Å². The molecule has 0 heterocycles. The zero-order chi connectivity index (χ0) is 15.6. The van der Waals surface area contributed by atoms with Gasteiger partial charge in [-0.25, -0.2) is 4.39 Å². The molecule has 1 aliphatic carbocycles. The fraction of sp³-hybridized carbons (Fsp3) is 0.667. The minimum absolute atomic E-state index is 0.0141. The Balaban J connectivity index is 2.17.